The molecular formula is C14H20N2O3S2. The molecule has 5 nitrogen and oxygen atoms in total. The molecule has 0 fully saturated rings. The molecule has 0 aliphatic heterocycles. The van der Waals surface area contributed by atoms with Gasteiger partial charge in [0, 0.05) is 23.8 Å². The summed E-state index contributed by atoms with van der Waals surface area (Å²) in [6.07, 6.45) is 3.16. The number of aliphatic hydroxyl groups excluding tert-OH is 1. The highest BCUT2D eigenvalue weighted by Gasteiger charge is 2.23. The van der Waals surface area contributed by atoms with Crippen LogP contribution in [-0.4, -0.2) is 18.1 Å². The molecule has 7 heteroatoms. The molecule has 2 heterocycles. The maximum absolute atomic E-state index is 12.5. The van der Waals surface area contributed by atoms with Crippen molar-refractivity contribution in [3.05, 3.63) is 40.3 Å². The minimum absolute atomic E-state index is 0.185. The Bertz CT molecular complexity index is 675. The number of thiophene rings is 1. The molecule has 2 rings (SSSR count). The van der Waals surface area contributed by atoms with Crippen LogP contribution in [0.25, 0.3) is 0 Å². The van der Waals surface area contributed by atoms with Crippen molar-refractivity contribution < 1.29 is 13.5 Å². The Balaban J connectivity index is 2.25. The first kappa shape index (κ1) is 16.2. The minimum Gasteiger partial charge on any atom is -0.390 e. The number of nitrogens with zero attached hydrogens (tertiary/aromatic N) is 1. The van der Waals surface area contributed by atoms with Gasteiger partial charge < -0.3 is 9.67 Å². The molecule has 116 valence electrons. The first-order chi connectivity index (χ1) is 9.97. The lowest BCUT2D eigenvalue weighted by atomic mass is 10.1. The maximum atomic E-state index is 12.5. The quantitative estimate of drug-likeness (QED) is 0.820. The van der Waals surface area contributed by atoms with Gasteiger partial charge in [-0.1, -0.05) is 19.4 Å². The van der Waals surface area contributed by atoms with E-state index in [4.69, 9.17) is 0 Å². The Morgan fingerprint density at radius 1 is 1.48 bits per heavy atom. The predicted octanol–water partition coefficient (Wildman–Crippen LogP) is 2.40. The molecule has 0 aliphatic rings. The summed E-state index contributed by atoms with van der Waals surface area (Å²) in [5, 5.41) is 11.1. The van der Waals surface area contributed by atoms with Gasteiger partial charge >= 0.3 is 0 Å². The van der Waals surface area contributed by atoms with E-state index in [2.05, 4.69) is 4.72 Å². The van der Waals surface area contributed by atoms with Gasteiger partial charge in [0.1, 0.15) is 0 Å². The van der Waals surface area contributed by atoms with Crippen molar-refractivity contribution in [1.82, 2.24) is 9.29 Å². The van der Waals surface area contributed by atoms with Gasteiger partial charge in [0.15, 0.2) is 0 Å². The summed E-state index contributed by atoms with van der Waals surface area (Å²) in [6, 6.07) is 5.15. The molecule has 0 amide bonds. The van der Waals surface area contributed by atoms with Crippen molar-refractivity contribution in [2.45, 2.75) is 37.3 Å². The number of nitrogens with one attached hydrogen (secondary N) is 1. The zero-order chi connectivity index (χ0) is 15.5. The van der Waals surface area contributed by atoms with Crippen LogP contribution in [0.4, 0.5) is 0 Å². The monoisotopic (exact) mass is 328 g/mol. The molecule has 1 unspecified atom stereocenters. The van der Waals surface area contributed by atoms with E-state index >= 15 is 0 Å². The smallest absolute Gasteiger partial charge is 0.242 e. The Kier molecular flexibility index (Phi) is 5.21. The largest absolute Gasteiger partial charge is 0.390 e. The number of sulfonamides is 1. The van der Waals surface area contributed by atoms with Crippen LogP contribution in [0.5, 0.6) is 0 Å². The number of hydrogen-bond donors (Lipinski definition) is 2. The molecule has 0 radical (unpaired) electrons. The Labute approximate surface area is 129 Å². The van der Waals surface area contributed by atoms with E-state index in [-0.39, 0.29) is 17.5 Å². The van der Waals surface area contributed by atoms with Crippen molar-refractivity contribution in [3.63, 3.8) is 0 Å². The standard InChI is InChI=1S/C14H20N2O3S2/c1-3-5-13(14-6-4-7-20-14)15-21(18,19)12-8-11(10-17)16(2)9-12/h4,6-9,13,15,17H,3,5,10H2,1-2H3. The fraction of sp³-hybridized carbons (Fsp3) is 0.429. The summed E-state index contributed by atoms with van der Waals surface area (Å²) in [5.41, 5.74) is 0.568. The summed E-state index contributed by atoms with van der Waals surface area (Å²) in [5.74, 6) is 0. The van der Waals surface area contributed by atoms with Crippen molar-refractivity contribution in [1.29, 1.82) is 0 Å². The van der Waals surface area contributed by atoms with E-state index in [0.717, 1.165) is 17.7 Å². The highest BCUT2D eigenvalue weighted by Crippen LogP contribution is 2.26. The van der Waals surface area contributed by atoms with Gasteiger partial charge in [0.2, 0.25) is 10.0 Å². The van der Waals surface area contributed by atoms with E-state index in [9.17, 15) is 13.5 Å². The first-order valence-corrected chi connectivity index (χ1v) is 9.16. The summed E-state index contributed by atoms with van der Waals surface area (Å²) in [7, 11) is -1.88. The van der Waals surface area contributed by atoms with Gasteiger partial charge in [-0.2, -0.15) is 0 Å². The second kappa shape index (κ2) is 6.74. The van der Waals surface area contributed by atoms with Crippen LogP contribution in [0.2, 0.25) is 0 Å². The van der Waals surface area contributed by atoms with Crippen LogP contribution in [0.3, 0.4) is 0 Å². The van der Waals surface area contributed by atoms with Gasteiger partial charge in [-0.15, -0.1) is 11.3 Å². The molecule has 0 saturated carbocycles. The van der Waals surface area contributed by atoms with Crippen LogP contribution >= 0.6 is 11.3 Å². The van der Waals surface area contributed by atoms with E-state index in [1.165, 1.54) is 12.3 Å². The van der Waals surface area contributed by atoms with Gasteiger partial charge in [0.05, 0.1) is 17.5 Å². The second-order valence-electron chi connectivity index (χ2n) is 4.91. The van der Waals surface area contributed by atoms with Crippen molar-refractivity contribution in [3.8, 4) is 0 Å². The van der Waals surface area contributed by atoms with Gasteiger partial charge in [-0.05, 0) is 23.9 Å². The van der Waals surface area contributed by atoms with Gasteiger partial charge in [0.25, 0.3) is 0 Å². The number of aryl methyl sites for hydroxylation is 1. The Morgan fingerprint density at radius 3 is 2.76 bits per heavy atom. The maximum Gasteiger partial charge on any atom is 0.242 e. The predicted molar refractivity (Wildman–Crippen MR) is 83.6 cm³/mol. The van der Waals surface area contributed by atoms with E-state index in [1.807, 2.05) is 24.4 Å². The third-order valence-corrected chi connectivity index (χ3v) is 5.74. The third-order valence-electron chi connectivity index (χ3n) is 3.32. The first-order valence-electron chi connectivity index (χ1n) is 6.79. The molecule has 0 aliphatic carbocycles. The molecule has 0 saturated heterocycles. The summed E-state index contributed by atoms with van der Waals surface area (Å²) >= 11 is 1.55. The number of aliphatic hydroxyl groups is 1. The number of hydrogen-bond acceptors (Lipinski definition) is 4. The molecule has 2 aromatic rings. The normalized spacial score (nSPS) is 13.5. The highest BCUT2D eigenvalue weighted by molar-refractivity contribution is 7.89. The highest BCUT2D eigenvalue weighted by atomic mass is 32.2. The molecular weight excluding hydrogens is 308 g/mol. The van der Waals surface area contributed by atoms with Crippen LogP contribution in [0.15, 0.2) is 34.7 Å². The van der Waals surface area contributed by atoms with Crippen LogP contribution < -0.4 is 4.72 Å². The molecule has 21 heavy (non-hydrogen) atoms. The molecule has 2 aromatic heterocycles. The lowest BCUT2D eigenvalue weighted by molar-refractivity contribution is 0.272. The fourth-order valence-electron chi connectivity index (χ4n) is 2.17. The zero-order valence-corrected chi connectivity index (χ0v) is 13.7. The summed E-state index contributed by atoms with van der Waals surface area (Å²) in [6.45, 7) is 1.84. The van der Waals surface area contributed by atoms with E-state index < -0.39 is 10.0 Å². The zero-order valence-electron chi connectivity index (χ0n) is 12.1. The number of rotatable bonds is 7. The van der Waals surface area contributed by atoms with Crippen LogP contribution in [-0.2, 0) is 23.7 Å². The van der Waals surface area contributed by atoms with Gasteiger partial charge in [-0.3, -0.25) is 0 Å². The van der Waals surface area contributed by atoms with Gasteiger partial charge in [-0.25, -0.2) is 13.1 Å². The second-order valence-corrected chi connectivity index (χ2v) is 7.61. The molecule has 2 N–H and O–H groups in total. The van der Waals surface area contributed by atoms with Crippen LogP contribution in [0.1, 0.15) is 36.4 Å². The molecule has 0 aromatic carbocycles. The lowest BCUT2D eigenvalue weighted by Gasteiger charge is -2.16. The molecule has 0 bridgehead atoms. The summed E-state index contributed by atoms with van der Waals surface area (Å²) in [4.78, 5) is 1.20. The van der Waals surface area contributed by atoms with Crippen LogP contribution in [0, 0.1) is 0 Å². The SMILES string of the molecule is CCCC(NS(=O)(=O)c1cc(CO)n(C)c1)c1cccs1. The summed E-state index contributed by atoms with van der Waals surface area (Å²) < 4.78 is 29.4. The third kappa shape index (κ3) is 3.74. The molecule has 1 atom stereocenters. The van der Waals surface area contributed by atoms with Crippen molar-refractivity contribution in [2.75, 3.05) is 0 Å². The average Bonchev–Trinajstić information content (AvgIpc) is 3.07. The fourth-order valence-corrected chi connectivity index (χ4v) is 4.40. The topological polar surface area (TPSA) is 71.3 Å². The molecule has 0 spiro atoms. The van der Waals surface area contributed by atoms with E-state index in [0.29, 0.717) is 5.69 Å². The van der Waals surface area contributed by atoms with Crippen molar-refractivity contribution >= 4 is 21.4 Å². The Hall–Kier alpha value is -1.15. The van der Waals surface area contributed by atoms with Crippen molar-refractivity contribution in [2.24, 2.45) is 7.05 Å². The lowest BCUT2D eigenvalue weighted by Crippen LogP contribution is -2.28. The average molecular weight is 328 g/mol. The Morgan fingerprint density at radius 2 is 2.24 bits per heavy atom. The van der Waals surface area contributed by atoms with E-state index in [1.54, 1.807) is 23.0 Å². The number of aromatic nitrogens is 1. The minimum atomic E-state index is -3.59.